The first-order chi connectivity index (χ1) is 14.4. The molecule has 1 fully saturated rings. The zero-order chi connectivity index (χ0) is 21.4. The number of amides is 2. The molecule has 1 unspecified atom stereocenters. The molecule has 158 valence electrons. The minimum atomic E-state index is -0.442. The fourth-order valence-corrected chi connectivity index (χ4v) is 3.94. The molecule has 1 atom stereocenters. The minimum absolute atomic E-state index is 0.158. The molecule has 0 aliphatic carbocycles. The number of imidazole rings is 1. The van der Waals surface area contributed by atoms with Gasteiger partial charge in [0.15, 0.2) is 5.82 Å². The molecule has 3 aromatic rings. The van der Waals surface area contributed by atoms with E-state index >= 15 is 0 Å². The van der Waals surface area contributed by atoms with E-state index < -0.39 is 12.2 Å². The van der Waals surface area contributed by atoms with Crippen molar-refractivity contribution in [2.45, 2.75) is 46.3 Å². The van der Waals surface area contributed by atoms with Crippen LogP contribution in [-0.2, 0) is 22.5 Å². The third-order valence-electron chi connectivity index (χ3n) is 5.29. The quantitative estimate of drug-likeness (QED) is 0.645. The monoisotopic (exact) mass is 410 g/mol. The topological polar surface area (TPSA) is 115 Å². The first kappa shape index (κ1) is 19.9. The molecule has 9 nitrogen and oxygen atoms in total. The zero-order valence-electron chi connectivity index (χ0n) is 17.4. The highest BCUT2D eigenvalue weighted by molar-refractivity contribution is 6.08. The lowest BCUT2D eigenvalue weighted by molar-refractivity contribution is -0.119. The Labute approximate surface area is 174 Å². The Balaban J connectivity index is 1.74. The molecule has 4 rings (SSSR count). The second-order valence-corrected chi connectivity index (χ2v) is 7.48. The van der Waals surface area contributed by atoms with Gasteiger partial charge >= 0.3 is 6.09 Å². The number of carbonyl (C=O) groups excluding carboxylic acids is 2. The highest BCUT2D eigenvalue weighted by Crippen LogP contribution is 2.32. The van der Waals surface area contributed by atoms with Gasteiger partial charge in [0.25, 0.3) is 0 Å². The normalized spacial score (nSPS) is 16.4. The van der Waals surface area contributed by atoms with E-state index in [1.165, 1.54) is 6.92 Å². The number of aryl methyl sites for hydroxylation is 2. The van der Waals surface area contributed by atoms with Crippen molar-refractivity contribution in [1.29, 1.82) is 0 Å². The van der Waals surface area contributed by atoms with Crippen LogP contribution in [0.1, 0.15) is 33.0 Å². The van der Waals surface area contributed by atoms with Crippen molar-refractivity contribution in [3.05, 3.63) is 24.0 Å². The first-order valence-electron chi connectivity index (χ1n) is 10.2. The van der Waals surface area contributed by atoms with E-state index in [0.29, 0.717) is 23.6 Å². The lowest BCUT2D eigenvalue weighted by Gasteiger charge is -2.15. The van der Waals surface area contributed by atoms with Crippen molar-refractivity contribution in [3.8, 4) is 0 Å². The minimum Gasteiger partial charge on any atom is -0.442 e. The maximum absolute atomic E-state index is 12.4. The average Bonchev–Trinajstić information content (AvgIpc) is 3.27. The summed E-state index contributed by atoms with van der Waals surface area (Å²) in [5, 5.41) is 3.63. The average molecular weight is 410 g/mol. The first-order valence-corrected chi connectivity index (χ1v) is 10.2. The van der Waals surface area contributed by atoms with Crippen LogP contribution in [0.25, 0.3) is 21.9 Å². The summed E-state index contributed by atoms with van der Waals surface area (Å²) in [6.45, 7) is 7.13. The summed E-state index contributed by atoms with van der Waals surface area (Å²) in [6, 6.07) is 5.69. The number of benzene rings is 1. The SMILES string of the molecule is CCCn1c(CC)nc2c(N)nc3cc(N4CC(CNC(C)=O)OC4=O)ccc3c21. The second kappa shape index (κ2) is 7.81. The highest BCUT2D eigenvalue weighted by Gasteiger charge is 2.32. The largest absolute Gasteiger partial charge is 0.442 e. The Bertz CT molecular complexity index is 1140. The number of carbonyl (C=O) groups is 2. The second-order valence-electron chi connectivity index (χ2n) is 7.48. The Morgan fingerprint density at radius 1 is 1.33 bits per heavy atom. The summed E-state index contributed by atoms with van der Waals surface area (Å²) < 4.78 is 7.58. The maximum Gasteiger partial charge on any atom is 0.414 e. The van der Waals surface area contributed by atoms with Crippen LogP contribution in [0.5, 0.6) is 0 Å². The number of aromatic nitrogens is 3. The molecule has 1 aliphatic heterocycles. The Morgan fingerprint density at radius 2 is 2.13 bits per heavy atom. The molecule has 3 heterocycles. The van der Waals surface area contributed by atoms with Gasteiger partial charge in [-0.05, 0) is 24.6 Å². The molecule has 3 N–H and O–H groups in total. The van der Waals surface area contributed by atoms with Crippen LogP contribution in [0.2, 0.25) is 0 Å². The van der Waals surface area contributed by atoms with Crippen molar-refractivity contribution in [2.75, 3.05) is 23.7 Å². The summed E-state index contributed by atoms with van der Waals surface area (Å²) in [6.07, 6.45) is 0.956. The Kier molecular flexibility index (Phi) is 5.19. The van der Waals surface area contributed by atoms with Crippen LogP contribution in [0.15, 0.2) is 18.2 Å². The number of rotatable bonds is 6. The molecule has 0 saturated carbocycles. The van der Waals surface area contributed by atoms with Crippen molar-refractivity contribution in [3.63, 3.8) is 0 Å². The van der Waals surface area contributed by atoms with Gasteiger partial charge in [-0.15, -0.1) is 0 Å². The number of fused-ring (bicyclic) bond motifs is 3. The van der Waals surface area contributed by atoms with E-state index in [0.717, 1.165) is 41.6 Å². The number of pyridine rings is 1. The van der Waals surface area contributed by atoms with Crippen molar-refractivity contribution in [1.82, 2.24) is 19.9 Å². The molecule has 30 heavy (non-hydrogen) atoms. The smallest absolute Gasteiger partial charge is 0.414 e. The number of nitrogens with one attached hydrogen (secondary N) is 1. The number of ether oxygens (including phenoxy) is 1. The molecular weight excluding hydrogens is 384 g/mol. The fourth-order valence-electron chi connectivity index (χ4n) is 3.94. The third kappa shape index (κ3) is 3.40. The molecule has 0 spiro atoms. The summed E-state index contributed by atoms with van der Waals surface area (Å²) in [5.41, 5.74) is 9.33. The van der Waals surface area contributed by atoms with E-state index in [1.54, 1.807) is 4.90 Å². The zero-order valence-corrected chi connectivity index (χ0v) is 17.4. The van der Waals surface area contributed by atoms with Crippen LogP contribution >= 0.6 is 0 Å². The van der Waals surface area contributed by atoms with Gasteiger partial charge in [0.05, 0.1) is 24.1 Å². The van der Waals surface area contributed by atoms with Crippen LogP contribution < -0.4 is 16.0 Å². The van der Waals surface area contributed by atoms with Gasteiger partial charge in [0.1, 0.15) is 17.4 Å². The van der Waals surface area contributed by atoms with Gasteiger partial charge in [-0.3, -0.25) is 9.69 Å². The predicted molar refractivity (Wildman–Crippen MR) is 115 cm³/mol. The number of hydrogen-bond acceptors (Lipinski definition) is 6. The maximum atomic E-state index is 12.4. The van der Waals surface area contributed by atoms with Crippen molar-refractivity contribution < 1.29 is 14.3 Å². The number of nitrogen functional groups attached to an aromatic ring is 1. The van der Waals surface area contributed by atoms with Crippen molar-refractivity contribution in [2.24, 2.45) is 0 Å². The van der Waals surface area contributed by atoms with Crippen LogP contribution in [-0.4, -0.2) is 45.7 Å². The molecule has 1 aliphatic rings. The predicted octanol–water partition coefficient (Wildman–Crippen LogP) is 2.60. The molecule has 9 heteroatoms. The summed E-state index contributed by atoms with van der Waals surface area (Å²) in [5.74, 6) is 1.21. The molecule has 1 aromatic carbocycles. The molecule has 0 bridgehead atoms. The van der Waals surface area contributed by atoms with E-state index in [2.05, 4.69) is 28.7 Å². The summed E-state index contributed by atoms with van der Waals surface area (Å²) in [7, 11) is 0. The van der Waals surface area contributed by atoms with E-state index in [4.69, 9.17) is 15.5 Å². The fraction of sp³-hybridized carbons (Fsp3) is 0.429. The van der Waals surface area contributed by atoms with Gasteiger partial charge in [-0.25, -0.2) is 14.8 Å². The number of hydrogen-bond donors (Lipinski definition) is 2. The molecule has 1 saturated heterocycles. The van der Waals surface area contributed by atoms with Crippen LogP contribution in [0.4, 0.5) is 16.3 Å². The van der Waals surface area contributed by atoms with Gasteiger partial charge in [0.2, 0.25) is 5.91 Å². The van der Waals surface area contributed by atoms with Crippen molar-refractivity contribution >= 4 is 45.4 Å². The third-order valence-corrected chi connectivity index (χ3v) is 5.29. The van der Waals surface area contributed by atoms with Gasteiger partial charge in [-0.1, -0.05) is 13.8 Å². The molecule has 2 aromatic heterocycles. The van der Waals surface area contributed by atoms with E-state index in [-0.39, 0.29) is 12.5 Å². The molecule has 2 amide bonds. The van der Waals surface area contributed by atoms with Gasteiger partial charge in [0, 0.05) is 31.0 Å². The standard InChI is InChI=1S/C21H26N6O3/c1-4-8-26-17(5-2)25-18-19(26)15-7-6-13(9-16(15)24-20(18)22)27-11-14(30-21(27)29)10-23-12(3)28/h6-7,9,14H,4-5,8,10-11H2,1-3H3,(H2,22,24)(H,23,28). The molecular formula is C21H26N6O3. The number of nitrogens with two attached hydrogens (primary N) is 1. The lowest BCUT2D eigenvalue weighted by atomic mass is 10.1. The summed E-state index contributed by atoms with van der Waals surface area (Å²) >= 11 is 0. The van der Waals surface area contributed by atoms with E-state index in [1.807, 2.05) is 18.2 Å². The summed E-state index contributed by atoms with van der Waals surface area (Å²) in [4.78, 5) is 34.3. The van der Waals surface area contributed by atoms with Crippen LogP contribution in [0, 0.1) is 0 Å². The lowest BCUT2D eigenvalue weighted by Crippen LogP contribution is -2.33. The molecule has 0 radical (unpaired) electrons. The number of anilines is 2. The Hall–Kier alpha value is -3.36. The highest BCUT2D eigenvalue weighted by atomic mass is 16.6. The Morgan fingerprint density at radius 3 is 2.83 bits per heavy atom. The number of cyclic esters (lactones) is 1. The van der Waals surface area contributed by atoms with E-state index in [9.17, 15) is 9.59 Å². The van der Waals surface area contributed by atoms with Crippen LogP contribution in [0.3, 0.4) is 0 Å². The number of nitrogens with zero attached hydrogens (tertiary/aromatic N) is 4. The van der Waals surface area contributed by atoms with Gasteiger partial charge in [-0.2, -0.15) is 0 Å². The van der Waals surface area contributed by atoms with Gasteiger partial charge < -0.3 is 20.4 Å².